The van der Waals surface area contributed by atoms with E-state index < -0.39 is 6.04 Å². The van der Waals surface area contributed by atoms with E-state index in [-0.39, 0.29) is 11.8 Å². The van der Waals surface area contributed by atoms with Gasteiger partial charge in [-0.3, -0.25) is 14.3 Å². The first-order chi connectivity index (χ1) is 9.04. The Hall–Kier alpha value is -2.05. The first-order valence-corrected chi connectivity index (χ1v) is 6.46. The van der Waals surface area contributed by atoms with Gasteiger partial charge >= 0.3 is 0 Å². The fourth-order valence-electron chi connectivity index (χ4n) is 2.20. The van der Waals surface area contributed by atoms with E-state index in [0.29, 0.717) is 36.6 Å². The maximum atomic E-state index is 12.2. The molecular weight excluding hydrogens is 246 g/mol. The first kappa shape index (κ1) is 13.4. The van der Waals surface area contributed by atoms with Crippen molar-refractivity contribution in [2.24, 2.45) is 0 Å². The van der Waals surface area contributed by atoms with E-state index >= 15 is 0 Å². The van der Waals surface area contributed by atoms with Crippen LogP contribution in [0.15, 0.2) is 0 Å². The Balaban J connectivity index is 2.17. The molecule has 1 aromatic heterocycles. The third-order valence-electron chi connectivity index (χ3n) is 3.28. The molecule has 104 valence electrons. The first-order valence-electron chi connectivity index (χ1n) is 6.46. The minimum atomic E-state index is -0.485. The number of aryl methyl sites for hydroxylation is 2. The van der Waals surface area contributed by atoms with Gasteiger partial charge in [-0.05, 0) is 26.7 Å². The van der Waals surface area contributed by atoms with E-state index in [2.05, 4.69) is 15.7 Å². The van der Waals surface area contributed by atoms with E-state index in [9.17, 15) is 9.59 Å². The summed E-state index contributed by atoms with van der Waals surface area (Å²) in [4.78, 5) is 23.9. The molecule has 1 atom stereocenters. The topological polar surface area (TPSA) is 102 Å². The maximum Gasteiger partial charge on any atom is 0.272 e. The third-order valence-corrected chi connectivity index (χ3v) is 3.28. The summed E-state index contributed by atoms with van der Waals surface area (Å²) in [6, 6.07) is -0.485. The number of nitrogens with one attached hydrogen (secondary N) is 2. The van der Waals surface area contributed by atoms with Crippen LogP contribution in [0.25, 0.3) is 0 Å². The molecule has 1 saturated heterocycles. The van der Waals surface area contributed by atoms with E-state index in [1.807, 2.05) is 6.92 Å². The number of piperidine rings is 1. The summed E-state index contributed by atoms with van der Waals surface area (Å²) in [5, 5.41) is 9.64. The molecule has 19 heavy (non-hydrogen) atoms. The number of hydrogen-bond acceptors (Lipinski definition) is 4. The quantitative estimate of drug-likeness (QED) is 0.704. The van der Waals surface area contributed by atoms with Crippen LogP contribution in [0.5, 0.6) is 0 Å². The van der Waals surface area contributed by atoms with Gasteiger partial charge in [0.15, 0.2) is 0 Å². The highest BCUT2D eigenvalue weighted by Gasteiger charge is 2.27. The smallest absolute Gasteiger partial charge is 0.272 e. The van der Waals surface area contributed by atoms with Crippen LogP contribution in [-0.2, 0) is 11.3 Å². The zero-order valence-electron chi connectivity index (χ0n) is 11.2. The van der Waals surface area contributed by atoms with E-state index in [0.717, 1.165) is 6.42 Å². The van der Waals surface area contributed by atoms with Crippen molar-refractivity contribution in [2.45, 2.75) is 39.3 Å². The van der Waals surface area contributed by atoms with Crippen molar-refractivity contribution in [1.82, 2.24) is 20.4 Å². The summed E-state index contributed by atoms with van der Waals surface area (Å²) in [5.74, 6) is -0.487. The zero-order valence-corrected chi connectivity index (χ0v) is 11.2. The van der Waals surface area contributed by atoms with Crippen molar-refractivity contribution in [3.8, 4) is 0 Å². The number of nitrogens with zero attached hydrogens (tertiary/aromatic N) is 2. The van der Waals surface area contributed by atoms with Crippen LogP contribution in [0, 0.1) is 6.92 Å². The second-order valence-electron chi connectivity index (χ2n) is 4.62. The zero-order chi connectivity index (χ0) is 14.0. The standard InChI is InChI=1S/C12H19N5O2/c1-3-17-10(9(13)7(2)16-17)12(19)15-8-5-4-6-14-11(8)18/h8H,3-6,13H2,1-2H3,(H,14,18)(H,15,19). The molecule has 0 aliphatic carbocycles. The Kier molecular flexibility index (Phi) is 3.73. The van der Waals surface area contributed by atoms with Gasteiger partial charge < -0.3 is 16.4 Å². The lowest BCUT2D eigenvalue weighted by atomic mass is 10.1. The van der Waals surface area contributed by atoms with Crippen molar-refractivity contribution in [3.05, 3.63) is 11.4 Å². The number of carbonyl (C=O) groups is 2. The van der Waals surface area contributed by atoms with Gasteiger partial charge in [0.2, 0.25) is 5.91 Å². The van der Waals surface area contributed by atoms with Crippen molar-refractivity contribution in [1.29, 1.82) is 0 Å². The molecular formula is C12H19N5O2. The number of rotatable bonds is 3. The number of carbonyl (C=O) groups excluding carboxylic acids is 2. The molecule has 2 rings (SSSR count). The Bertz CT molecular complexity index is 508. The van der Waals surface area contributed by atoms with Gasteiger partial charge in [-0.15, -0.1) is 0 Å². The lowest BCUT2D eigenvalue weighted by Gasteiger charge is -2.22. The van der Waals surface area contributed by atoms with Gasteiger partial charge in [0.05, 0.1) is 11.4 Å². The number of hydrogen-bond donors (Lipinski definition) is 3. The second kappa shape index (κ2) is 5.29. The number of nitrogens with two attached hydrogens (primary N) is 1. The van der Waals surface area contributed by atoms with Gasteiger partial charge in [0, 0.05) is 13.1 Å². The molecule has 0 saturated carbocycles. The second-order valence-corrected chi connectivity index (χ2v) is 4.62. The van der Waals surface area contributed by atoms with E-state index in [4.69, 9.17) is 5.73 Å². The highest BCUT2D eigenvalue weighted by Crippen LogP contribution is 2.17. The van der Waals surface area contributed by atoms with Crippen LogP contribution in [0.3, 0.4) is 0 Å². The molecule has 1 unspecified atom stereocenters. The molecule has 7 heteroatoms. The monoisotopic (exact) mass is 265 g/mol. The molecule has 1 aromatic rings. The lowest BCUT2D eigenvalue weighted by Crippen LogP contribution is -2.50. The minimum Gasteiger partial charge on any atom is -0.395 e. The maximum absolute atomic E-state index is 12.2. The van der Waals surface area contributed by atoms with Gasteiger partial charge in [-0.1, -0.05) is 0 Å². The molecule has 0 aromatic carbocycles. The normalized spacial score (nSPS) is 19.1. The molecule has 4 N–H and O–H groups in total. The summed E-state index contributed by atoms with van der Waals surface area (Å²) in [6.45, 7) is 4.86. The van der Waals surface area contributed by atoms with Gasteiger partial charge in [-0.25, -0.2) is 0 Å². The predicted octanol–water partition coefficient (Wildman–Crippen LogP) is -0.198. The largest absolute Gasteiger partial charge is 0.395 e. The summed E-state index contributed by atoms with van der Waals surface area (Å²) in [5.41, 5.74) is 7.20. The fraction of sp³-hybridized carbons (Fsp3) is 0.583. The number of amides is 2. The summed E-state index contributed by atoms with van der Waals surface area (Å²) in [7, 11) is 0. The molecule has 7 nitrogen and oxygen atoms in total. The molecule has 1 fully saturated rings. The van der Waals surface area contributed by atoms with Gasteiger partial charge in [-0.2, -0.15) is 5.10 Å². The molecule has 2 heterocycles. The average molecular weight is 265 g/mol. The molecule has 0 bridgehead atoms. The molecule has 1 aliphatic heterocycles. The number of aromatic nitrogens is 2. The van der Waals surface area contributed by atoms with Crippen LogP contribution < -0.4 is 16.4 Å². The van der Waals surface area contributed by atoms with Crippen LogP contribution in [-0.4, -0.2) is 34.2 Å². The number of nitrogen functional groups attached to an aromatic ring is 1. The predicted molar refractivity (Wildman–Crippen MR) is 70.5 cm³/mol. The highest BCUT2D eigenvalue weighted by molar-refractivity contribution is 6.00. The summed E-state index contributed by atoms with van der Waals surface area (Å²) >= 11 is 0. The van der Waals surface area contributed by atoms with Crippen LogP contribution in [0.4, 0.5) is 5.69 Å². The Morgan fingerprint density at radius 3 is 3.00 bits per heavy atom. The van der Waals surface area contributed by atoms with Crippen LogP contribution >= 0.6 is 0 Å². The van der Waals surface area contributed by atoms with E-state index in [1.54, 1.807) is 11.6 Å². The Labute approximate surface area is 111 Å². The SMILES string of the molecule is CCn1nc(C)c(N)c1C(=O)NC1CCCNC1=O. The third kappa shape index (κ3) is 2.54. The molecule has 2 amide bonds. The lowest BCUT2D eigenvalue weighted by molar-refractivity contribution is -0.124. The number of anilines is 1. The molecule has 1 aliphatic rings. The van der Waals surface area contributed by atoms with Gasteiger partial charge in [0.25, 0.3) is 5.91 Å². The van der Waals surface area contributed by atoms with Crippen LogP contribution in [0.1, 0.15) is 35.9 Å². The van der Waals surface area contributed by atoms with Crippen molar-refractivity contribution < 1.29 is 9.59 Å². The molecule has 0 radical (unpaired) electrons. The summed E-state index contributed by atoms with van der Waals surface area (Å²) < 4.78 is 1.56. The van der Waals surface area contributed by atoms with Crippen molar-refractivity contribution in [2.75, 3.05) is 12.3 Å². The minimum absolute atomic E-state index is 0.141. The Morgan fingerprint density at radius 1 is 1.63 bits per heavy atom. The summed E-state index contributed by atoms with van der Waals surface area (Å²) in [6.07, 6.45) is 1.51. The van der Waals surface area contributed by atoms with Crippen molar-refractivity contribution in [3.63, 3.8) is 0 Å². The highest BCUT2D eigenvalue weighted by atomic mass is 16.2. The van der Waals surface area contributed by atoms with Crippen molar-refractivity contribution >= 4 is 17.5 Å². The van der Waals surface area contributed by atoms with E-state index in [1.165, 1.54) is 0 Å². The van der Waals surface area contributed by atoms with Gasteiger partial charge in [0.1, 0.15) is 11.7 Å². The van der Waals surface area contributed by atoms with Crippen LogP contribution in [0.2, 0.25) is 0 Å². The average Bonchev–Trinajstić information content (AvgIpc) is 2.68. The fourth-order valence-corrected chi connectivity index (χ4v) is 2.20. The molecule has 0 spiro atoms. The Morgan fingerprint density at radius 2 is 2.37 bits per heavy atom.